The molecule has 154 valence electrons. The van der Waals surface area contributed by atoms with E-state index in [-0.39, 0.29) is 21.0 Å². The molecular weight excluding hydrogens is 418 g/mol. The van der Waals surface area contributed by atoms with Crippen molar-refractivity contribution in [3.8, 4) is 0 Å². The van der Waals surface area contributed by atoms with E-state index in [4.69, 9.17) is 0 Å². The molecule has 0 radical (unpaired) electrons. The fourth-order valence-corrected chi connectivity index (χ4v) is 5.12. The van der Waals surface area contributed by atoms with Crippen molar-refractivity contribution >= 4 is 44.3 Å². The summed E-state index contributed by atoms with van der Waals surface area (Å²) in [7, 11) is -2.42. The number of amides is 3. The molecule has 1 fully saturated rings. The van der Waals surface area contributed by atoms with Crippen molar-refractivity contribution in [1.82, 2.24) is 9.62 Å². The van der Waals surface area contributed by atoms with Gasteiger partial charge in [-0.05, 0) is 48.6 Å². The van der Waals surface area contributed by atoms with Crippen molar-refractivity contribution in [2.45, 2.75) is 17.7 Å². The smallest absolute Gasteiger partial charge is 0.413 e. The third kappa shape index (κ3) is 4.63. The maximum Gasteiger partial charge on any atom is 0.413 e. The first-order chi connectivity index (χ1) is 13.8. The molecule has 9 nitrogen and oxygen atoms in total. The Labute approximate surface area is 171 Å². The van der Waals surface area contributed by atoms with E-state index in [2.05, 4.69) is 10.1 Å². The second-order valence-electron chi connectivity index (χ2n) is 6.20. The van der Waals surface area contributed by atoms with Gasteiger partial charge in [0.1, 0.15) is 5.00 Å². The molecule has 0 bridgehead atoms. The number of benzene rings is 1. The molecule has 1 aromatic carbocycles. The Morgan fingerprint density at radius 3 is 2.31 bits per heavy atom. The van der Waals surface area contributed by atoms with Crippen LogP contribution in [0, 0.1) is 0 Å². The van der Waals surface area contributed by atoms with E-state index in [1.54, 1.807) is 5.38 Å². The first-order valence-electron chi connectivity index (χ1n) is 8.71. The number of sulfonamides is 1. The molecule has 0 atom stereocenters. The number of carbonyl (C=O) groups excluding carboxylic acids is 3. The number of methoxy groups -OCH3 is 1. The van der Waals surface area contributed by atoms with Crippen LogP contribution in [0.5, 0.6) is 0 Å². The number of thiophene rings is 1. The zero-order valence-electron chi connectivity index (χ0n) is 15.5. The van der Waals surface area contributed by atoms with Gasteiger partial charge >= 0.3 is 6.09 Å². The lowest BCUT2D eigenvalue weighted by Gasteiger charge is -2.15. The quantitative estimate of drug-likeness (QED) is 0.740. The molecule has 3 amide bonds. The van der Waals surface area contributed by atoms with Crippen molar-refractivity contribution in [3.63, 3.8) is 0 Å². The van der Waals surface area contributed by atoms with Crippen LogP contribution >= 0.6 is 11.3 Å². The van der Waals surface area contributed by atoms with Gasteiger partial charge in [0.2, 0.25) is 10.0 Å². The van der Waals surface area contributed by atoms with E-state index in [1.807, 2.05) is 5.32 Å². The fraction of sp³-hybridized carbons (Fsp3) is 0.278. The van der Waals surface area contributed by atoms with Crippen molar-refractivity contribution in [2.24, 2.45) is 0 Å². The van der Waals surface area contributed by atoms with E-state index in [0.29, 0.717) is 13.1 Å². The first-order valence-corrected chi connectivity index (χ1v) is 11.0. The predicted molar refractivity (Wildman–Crippen MR) is 107 cm³/mol. The van der Waals surface area contributed by atoms with Crippen molar-refractivity contribution in [3.05, 3.63) is 46.8 Å². The first kappa shape index (κ1) is 21.0. The summed E-state index contributed by atoms with van der Waals surface area (Å²) in [6, 6.07) is 7.08. The normalized spacial score (nSPS) is 14.4. The summed E-state index contributed by atoms with van der Waals surface area (Å²) < 4.78 is 30.9. The van der Waals surface area contributed by atoms with Gasteiger partial charge in [0, 0.05) is 18.7 Å². The third-order valence-electron chi connectivity index (χ3n) is 4.36. The summed E-state index contributed by atoms with van der Waals surface area (Å²) in [5, 5.41) is 6.46. The summed E-state index contributed by atoms with van der Waals surface area (Å²) >= 11 is 1.11. The number of alkyl carbamates (subject to hydrolysis) is 1. The number of imide groups is 1. The van der Waals surface area contributed by atoms with Gasteiger partial charge in [0.05, 0.1) is 17.6 Å². The van der Waals surface area contributed by atoms with Crippen molar-refractivity contribution < 1.29 is 27.5 Å². The van der Waals surface area contributed by atoms with Crippen LogP contribution in [0.25, 0.3) is 0 Å². The monoisotopic (exact) mass is 437 g/mol. The van der Waals surface area contributed by atoms with Crippen molar-refractivity contribution in [1.29, 1.82) is 0 Å². The minimum Gasteiger partial charge on any atom is -0.453 e. The van der Waals surface area contributed by atoms with Crippen LogP contribution < -0.4 is 10.6 Å². The Hall–Kier alpha value is -2.76. The Morgan fingerprint density at radius 1 is 1.03 bits per heavy atom. The van der Waals surface area contributed by atoms with Crippen LogP contribution in [0.15, 0.2) is 40.6 Å². The molecule has 2 N–H and O–H groups in total. The highest BCUT2D eigenvalue weighted by molar-refractivity contribution is 7.89. The van der Waals surface area contributed by atoms with Gasteiger partial charge in [-0.15, -0.1) is 11.3 Å². The van der Waals surface area contributed by atoms with E-state index in [1.165, 1.54) is 34.6 Å². The molecular formula is C18H19N3O6S2. The molecule has 2 heterocycles. The molecule has 2 aromatic rings. The fourth-order valence-electron chi connectivity index (χ4n) is 2.83. The predicted octanol–water partition coefficient (Wildman–Crippen LogP) is 2.28. The molecule has 1 aliphatic rings. The lowest BCUT2D eigenvalue weighted by molar-refractivity contribution is 0.0938. The molecule has 0 unspecified atom stereocenters. The number of carbonyl (C=O) groups is 3. The van der Waals surface area contributed by atoms with Gasteiger partial charge in [-0.25, -0.2) is 13.2 Å². The average Bonchev–Trinajstić information content (AvgIpc) is 3.40. The summed E-state index contributed by atoms with van der Waals surface area (Å²) in [6.07, 6.45) is 0.770. The van der Waals surface area contributed by atoms with Gasteiger partial charge < -0.3 is 10.1 Å². The van der Waals surface area contributed by atoms with Gasteiger partial charge in [-0.2, -0.15) is 4.31 Å². The summed E-state index contributed by atoms with van der Waals surface area (Å²) in [6.45, 7) is 0.999. The second-order valence-corrected chi connectivity index (χ2v) is 9.05. The number of nitrogens with one attached hydrogen (secondary N) is 2. The Kier molecular flexibility index (Phi) is 6.30. The maximum absolute atomic E-state index is 12.5. The van der Waals surface area contributed by atoms with Gasteiger partial charge in [0.15, 0.2) is 0 Å². The largest absolute Gasteiger partial charge is 0.453 e. The minimum absolute atomic E-state index is 0.113. The lowest BCUT2D eigenvalue weighted by atomic mass is 10.2. The molecule has 1 aromatic heterocycles. The van der Waals surface area contributed by atoms with Gasteiger partial charge in [0.25, 0.3) is 11.8 Å². The zero-order valence-corrected chi connectivity index (χ0v) is 17.1. The number of nitrogens with zero attached hydrogens (tertiary/aromatic N) is 1. The standard InChI is InChI=1S/C18H19N3O6S2/c1-27-18(24)20-16(23)14-8-11-28-17(14)19-15(22)12-4-6-13(7-5-12)29(25,26)21-9-2-3-10-21/h4-8,11H,2-3,9-10H2,1H3,(H,19,22)(H,20,23,24). The Bertz CT molecular complexity index is 1020. The number of ether oxygens (including phenoxy) is 1. The Morgan fingerprint density at radius 2 is 1.69 bits per heavy atom. The molecule has 0 spiro atoms. The van der Waals surface area contributed by atoms with Crippen molar-refractivity contribution in [2.75, 3.05) is 25.5 Å². The lowest BCUT2D eigenvalue weighted by Crippen LogP contribution is -2.30. The zero-order chi connectivity index (χ0) is 21.0. The maximum atomic E-state index is 12.5. The summed E-state index contributed by atoms with van der Waals surface area (Å²) in [4.78, 5) is 35.9. The SMILES string of the molecule is COC(=O)NC(=O)c1ccsc1NC(=O)c1ccc(S(=O)(=O)N2CCCC2)cc1. The van der Waals surface area contributed by atoms with Crippen LogP contribution in [0.1, 0.15) is 33.6 Å². The third-order valence-corrected chi connectivity index (χ3v) is 7.10. The number of hydrogen-bond donors (Lipinski definition) is 2. The number of hydrogen-bond acceptors (Lipinski definition) is 7. The highest BCUT2D eigenvalue weighted by atomic mass is 32.2. The molecule has 11 heteroatoms. The molecule has 3 rings (SSSR count). The molecule has 29 heavy (non-hydrogen) atoms. The van der Waals surface area contributed by atoms with E-state index in [9.17, 15) is 22.8 Å². The number of rotatable bonds is 5. The highest BCUT2D eigenvalue weighted by Gasteiger charge is 2.27. The molecule has 0 aliphatic carbocycles. The van der Waals surface area contributed by atoms with Gasteiger partial charge in [-0.1, -0.05) is 0 Å². The number of anilines is 1. The average molecular weight is 437 g/mol. The highest BCUT2D eigenvalue weighted by Crippen LogP contribution is 2.25. The molecule has 1 aliphatic heterocycles. The van der Waals surface area contributed by atoms with Crippen LogP contribution in [-0.2, 0) is 14.8 Å². The van der Waals surface area contributed by atoms with E-state index in [0.717, 1.165) is 31.3 Å². The van der Waals surface area contributed by atoms with Crippen LogP contribution in [0.2, 0.25) is 0 Å². The topological polar surface area (TPSA) is 122 Å². The van der Waals surface area contributed by atoms with E-state index < -0.39 is 27.9 Å². The van der Waals surface area contributed by atoms with Crippen LogP contribution in [-0.4, -0.2) is 50.8 Å². The molecule has 1 saturated heterocycles. The summed E-state index contributed by atoms with van der Waals surface area (Å²) in [5.41, 5.74) is 0.347. The summed E-state index contributed by atoms with van der Waals surface area (Å²) in [5.74, 6) is -1.22. The second kappa shape index (κ2) is 8.72. The van der Waals surface area contributed by atoms with Crippen LogP contribution in [0.4, 0.5) is 9.80 Å². The van der Waals surface area contributed by atoms with E-state index >= 15 is 0 Å². The molecule has 0 saturated carbocycles. The Balaban J connectivity index is 1.72. The minimum atomic E-state index is -3.56. The van der Waals surface area contributed by atoms with Gasteiger partial charge in [-0.3, -0.25) is 14.9 Å². The van der Waals surface area contributed by atoms with Crippen LogP contribution in [0.3, 0.4) is 0 Å².